The summed E-state index contributed by atoms with van der Waals surface area (Å²) in [6.45, 7) is 2.20. The van der Waals surface area contributed by atoms with Gasteiger partial charge in [0.1, 0.15) is 5.82 Å². The standard InChI is InChI=1S/C14H23FN2/c1-2-3-4-5-9-14(17-16)11-12-7-6-8-13(15)10-12/h6-8,10,14,17H,2-5,9,11,16H2,1H3. The summed E-state index contributed by atoms with van der Waals surface area (Å²) in [4.78, 5) is 0. The van der Waals surface area contributed by atoms with Crippen LogP contribution >= 0.6 is 0 Å². The van der Waals surface area contributed by atoms with E-state index in [0.717, 1.165) is 18.4 Å². The molecule has 3 N–H and O–H groups in total. The van der Waals surface area contributed by atoms with Crippen LogP contribution in [-0.2, 0) is 6.42 Å². The van der Waals surface area contributed by atoms with Gasteiger partial charge in [-0.3, -0.25) is 11.3 Å². The molecule has 1 unspecified atom stereocenters. The molecule has 0 bridgehead atoms. The molecule has 1 aromatic rings. The third kappa shape index (κ3) is 5.80. The highest BCUT2D eigenvalue weighted by atomic mass is 19.1. The Bertz CT molecular complexity index is 315. The number of hydrogen-bond donors (Lipinski definition) is 2. The van der Waals surface area contributed by atoms with E-state index < -0.39 is 0 Å². The van der Waals surface area contributed by atoms with Crippen LogP contribution in [0.3, 0.4) is 0 Å². The number of benzene rings is 1. The van der Waals surface area contributed by atoms with E-state index in [2.05, 4.69) is 12.3 Å². The normalized spacial score (nSPS) is 12.6. The molecule has 0 saturated carbocycles. The lowest BCUT2D eigenvalue weighted by Gasteiger charge is -2.15. The van der Waals surface area contributed by atoms with Crippen LogP contribution < -0.4 is 11.3 Å². The monoisotopic (exact) mass is 238 g/mol. The fourth-order valence-corrected chi connectivity index (χ4v) is 2.01. The summed E-state index contributed by atoms with van der Waals surface area (Å²) >= 11 is 0. The maximum atomic E-state index is 13.0. The Balaban J connectivity index is 2.35. The molecule has 0 spiro atoms. The van der Waals surface area contributed by atoms with Crippen molar-refractivity contribution >= 4 is 0 Å². The first kappa shape index (κ1) is 14.1. The molecule has 0 amide bonds. The van der Waals surface area contributed by atoms with Crippen molar-refractivity contribution in [2.75, 3.05) is 0 Å². The molecule has 0 saturated heterocycles. The maximum Gasteiger partial charge on any atom is 0.123 e. The van der Waals surface area contributed by atoms with Crippen molar-refractivity contribution < 1.29 is 4.39 Å². The van der Waals surface area contributed by atoms with E-state index in [0.29, 0.717) is 0 Å². The fraction of sp³-hybridized carbons (Fsp3) is 0.571. The summed E-state index contributed by atoms with van der Waals surface area (Å²) in [5.41, 5.74) is 3.83. The van der Waals surface area contributed by atoms with Crippen LogP contribution in [0.5, 0.6) is 0 Å². The Morgan fingerprint density at radius 2 is 2.12 bits per heavy atom. The van der Waals surface area contributed by atoms with Crippen LogP contribution in [0.4, 0.5) is 4.39 Å². The molecule has 3 heteroatoms. The SMILES string of the molecule is CCCCCCC(Cc1cccc(F)c1)NN. The second kappa shape index (κ2) is 8.20. The lowest BCUT2D eigenvalue weighted by molar-refractivity contribution is 0.462. The first-order valence-electron chi connectivity index (χ1n) is 6.46. The zero-order valence-corrected chi connectivity index (χ0v) is 10.6. The minimum absolute atomic E-state index is 0.177. The Morgan fingerprint density at radius 3 is 2.76 bits per heavy atom. The van der Waals surface area contributed by atoms with Gasteiger partial charge < -0.3 is 0 Å². The van der Waals surface area contributed by atoms with Crippen molar-refractivity contribution in [2.45, 2.75) is 51.5 Å². The summed E-state index contributed by atoms with van der Waals surface area (Å²) in [5.74, 6) is 5.35. The van der Waals surface area contributed by atoms with Crippen LogP contribution in [0.15, 0.2) is 24.3 Å². The lowest BCUT2D eigenvalue weighted by Crippen LogP contribution is -2.36. The largest absolute Gasteiger partial charge is 0.271 e. The molecule has 1 aromatic carbocycles. The molecule has 0 fully saturated rings. The Hall–Kier alpha value is -0.930. The third-order valence-electron chi connectivity index (χ3n) is 3.01. The average molecular weight is 238 g/mol. The molecule has 0 heterocycles. The Kier molecular flexibility index (Phi) is 6.82. The van der Waals surface area contributed by atoms with Gasteiger partial charge in [0, 0.05) is 6.04 Å². The van der Waals surface area contributed by atoms with Crippen LogP contribution in [0.25, 0.3) is 0 Å². The molecule has 17 heavy (non-hydrogen) atoms. The summed E-state index contributed by atoms with van der Waals surface area (Å²) in [5, 5.41) is 0. The van der Waals surface area contributed by atoms with Gasteiger partial charge in [0.05, 0.1) is 0 Å². The minimum Gasteiger partial charge on any atom is -0.271 e. The molecule has 2 nitrogen and oxygen atoms in total. The molecule has 96 valence electrons. The molecule has 0 aliphatic carbocycles. The van der Waals surface area contributed by atoms with Crippen LogP contribution in [0, 0.1) is 5.82 Å². The van der Waals surface area contributed by atoms with Gasteiger partial charge in [-0.25, -0.2) is 4.39 Å². The number of rotatable bonds is 8. The van der Waals surface area contributed by atoms with Crippen molar-refractivity contribution in [2.24, 2.45) is 5.84 Å². The van der Waals surface area contributed by atoms with Gasteiger partial charge in [-0.15, -0.1) is 0 Å². The maximum absolute atomic E-state index is 13.0. The fourth-order valence-electron chi connectivity index (χ4n) is 2.01. The highest BCUT2D eigenvalue weighted by Crippen LogP contribution is 2.11. The first-order valence-corrected chi connectivity index (χ1v) is 6.46. The predicted molar refractivity (Wildman–Crippen MR) is 70.0 cm³/mol. The van der Waals surface area contributed by atoms with E-state index in [-0.39, 0.29) is 11.9 Å². The van der Waals surface area contributed by atoms with Crippen molar-refractivity contribution in [3.63, 3.8) is 0 Å². The van der Waals surface area contributed by atoms with Gasteiger partial charge in [-0.05, 0) is 30.5 Å². The second-order valence-corrected chi connectivity index (χ2v) is 4.55. The van der Waals surface area contributed by atoms with Crippen molar-refractivity contribution in [1.29, 1.82) is 0 Å². The second-order valence-electron chi connectivity index (χ2n) is 4.55. The van der Waals surface area contributed by atoms with E-state index >= 15 is 0 Å². The summed E-state index contributed by atoms with van der Waals surface area (Å²) < 4.78 is 13.0. The Labute approximate surface area is 103 Å². The van der Waals surface area contributed by atoms with E-state index in [9.17, 15) is 4.39 Å². The Morgan fingerprint density at radius 1 is 1.29 bits per heavy atom. The topological polar surface area (TPSA) is 38.0 Å². The smallest absolute Gasteiger partial charge is 0.123 e. The van der Waals surface area contributed by atoms with Gasteiger partial charge in [-0.1, -0.05) is 44.7 Å². The highest BCUT2D eigenvalue weighted by Gasteiger charge is 2.07. The number of nitrogens with one attached hydrogen (secondary N) is 1. The number of unbranched alkanes of at least 4 members (excludes halogenated alkanes) is 3. The predicted octanol–water partition coefficient (Wildman–Crippen LogP) is 3.17. The van der Waals surface area contributed by atoms with E-state index in [1.165, 1.54) is 31.7 Å². The molecule has 0 aromatic heterocycles. The molecule has 1 rings (SSSR count). The van der Waals surface area contributed by atoms with E-state index in [4.69, 9.17) is 5.84 Å². The molecular formula is C14H23FN2. The van der Waals surface area contributed by atoms with Crippen LogP contribution in [0.1, 0.15) is 44.6 Å². The molecule has 0 aliphatic heterocycles. The highest BCUT2D eigenvalue weighted by molar-refractivity contribution is 5.17. The van der Waals surface area contributed by atoms with Gasteiger partial charge in [0.25, 0.3) is 0 Å². The zero-order chi connectivity index (χ0) is 12.5. The van der Waals surface area contributed by atoms with Crippen molar-refractivity contribution in [1.82, 2.24) is 5.43 Å². The molecule has 0 aliphatic rings. The zero-order valence-electron chi connectivity index (χ0n) is 10.6. The van der Waals surface area contributed by atoms with Gasteiger partial charge in [-0.2, -0.15) is 0 Å². The van der Waals surface area contributed by atoms with Gasteiger partial charge in [0.15, 0.2) is 0 Å². The van der Waals surface area contributed by atoms with Crippen molar-refractivity contribution in [3.05, 3.63) is 35.6 Å². The van der Waals surface area contributed by atoms with E-state index in [1.54, 1.807) is 12.1 Å². The lowest BCUT2D eigenvalue weighted by atomic mass is 10.0. The molecular weight excluding hydrogens is 215 g/mol. The quantitative estimate of drug-likeness (QED) is 0.415. The average Bonchev–Trinajstić information content (AvgIpc) is 2.33. The number of hydrogen-bond acceptors (Lipinski definition) is 2. The molecule has 0 radical (unpaired) electrons. The number of halogens is 1. The first-order chi connectivity index (χ1) is 8.26. The minimum atomic E-state index is -0.177. The van der Waals surface area contributed by atoms with Crippen LogP contribution in [0.2, 0.25) is 0 Å². The third-order valence-corrected chi connectivity index (χ3v) is 3.01. The van der Waals surface area contributed by atoms with Gasteiger partial charge in [0.2, 0.25) is 0 Å². The number of nitrogens with two attached hydrogens (primary N) is 1. The van der Waals surface area contributed by atoms with Crippen molar-refractivity contribution in [3.8, 4) is 0 Å². The van der Waals surface area contributed by atoms with E-state index in [1.807, 2.05) is 6.07 Å². The summed E-state index contributed by atoms with van der Waals surface area (Å²) in [6.07, 6.45) is 6.78. The van der Waals surface area contributed by atoms with Crippen LogP contribution in [-0.4, -0.2) is 6.04 Å². The summed E-state index contributed by atoms with van der Waals surface area (Å²) in [7, 11) is 0. The molecule has 1 atom stereocenters. The number of hydrazine groups is 1. The summed E-state index contributed by atoms with van der Waals surface area (Å²) in [6, 6.07) is 6.98. The van der Waals surface area contributed by atoms with Gasteiger partial charge >= 0.3 is 0 Å².